The molecule has 0 N–H and O–H groups in total. The summed E-state index contributed by atoms with van der Waals surface area (Å²) < 4.78 is 9.42. The second-order valence-electron chi connectivity index (χ2n) is 5.82. The molecule has 3 aromatic heterocycles. The maximum absolute atomic E-state index is 5.51. The predicted octanol–water partition coefficient (Wildman–Crippen LogP) is 3.46. The number of ether oxygens (including phenoxy) is 1. The molecule has 25 heavy (non-hydrogen) atoms. The van der Waals surface area contributed by atoms with E-state index in [1.807, 2.05) is 60.4 Å². The molecule has 0 spiro atoms. The van der Waals surface area contributed by atoms with Gasteiger partial charge in [0.25, 0.3) is 0 Å². The van der Waals surface area contributed by atoms with E-state index in [9.17, 15) is 0 Å². The molecule has 0 aliphatic carbocycles. The Morgan fingerprint density at radius 3 is 2.80 bits per heavy atom. The first-order valence-corrected chi connectivity index (χ1v) is 8.24. The molecule has 0 aliphatic rings. The summed E-state index contributed by atoms with van der Waals surface area (Å²) in [6.45, 7) is 4.08. The highest BCUT2D eigenvalue weighted by molar-refractivity contribution is 5.81. The summed E-state index contributed by atoms with van der Waals surface area (Å²) in [5, 5.41) is 4.59. The standard InChI is InChI=1S/C19H19N5O/c1-4-17-20-9-10-23(17)18-11-13(2)22-19-15(12-21-24(18)19)14-7-5-6-8-16(14)25-3/h5-12H,4H2,1-3H3. The van der Waals surface area contributed by atoms with Gasteiger partial charge in [-0.15, -0.1) is 0 Å². The fourth-order valence-electron chi connectivity index (χ4n) is 3.10. The van der Waals surface area contributed by atoms with Gasteiger partial charge in [0, 0.05) is 36.1 Å². The third-order valence-corrected chi connectivity index (χ3v) is 4.26. The number of para-hydroxylation sites is 1. The lowest BCUT2D eigenvalue weighted by Crippen LogP contribution is -2.08. The summed E-state index contributed by atoms with van der Waals surface area (Å²) in [5.41, 5.74) is 3.65. The van der Waals surface area contributed by atoms with Crippen LogP contribution in [-0.2, 0) is 6.42 Å². The van der Waals surface area contributed by atoms with Gasteiger partial charge < -0.3 is 4.74 Å². The number of hydrogen-bond donors (Lipinski definition) is 0. The summed E-state index contributed by atoms with van der Waals surface area (Å²) in [4.78, 5) is 9.15. The maximum Gasteiger partial charge on any atom is 0.165 e. The molecular weight excluding hydrogens is 314 g/mol. The zero-order valence-electron chi connectivity index (χ0n) is 14.5. The molecule has 6 heteroatoms. The normalized spacial score (nSPS) is 11.2. The van der Waals surface area contributed by atoms with Gasteiger partial charge in [0.15, 0.2) is 5.65 Å². The molecule has 1 aromatic carbocycles. The molecule has 0 unspecified atom stereocenters. The zero-order chi connectivity index (χ0) is 17.4. The highest BCUT2D eigenvalue weighted by Gasteiger charge is 2.16. The molecule has 0 saturated heterocycles. The molecule has 126 valence electrons. The van der Waals surface area contributed by atoms with E-state index in [0.29, 0.717) is 0 Å². The SMILES string of the molecule is CCc1nccn1-c1cc(C)nc2c(-c3ccccc3OC)cnn12. The molecule has 0 amide bonds. The van der Waals surface area contributed by atoms with Crippen LogP contribution in [-0.4, -0.2) is 31.3 Å². The van der Waals surface area contributed by atoms with E-state index in [4.69, 9.17) is 9.72 Å². The number of methoxy groups -OCH3 is 1. The fourth-order valence-corrected chi connectivity index (χ4v) is 3.10. The summed E-state index contributed by atoms with van der Waals surface area (Å²) >= 11 is 0. The number of fused-ring (bicyclic) bond motifs is 1. The van der Waals surface area contributed by atoms with Gasteiger partial charge in [0.1, 0.15) is 17.4 Å². The van der Waals surface area contributed by atoms with E-state index < -0.39 is 0 Å². The Morgan fingerprint density at radius 2 is 2.00 bits per heavy atom. The number of rotatable bonds is 4. The average Bonchev–Trinajstić information content (AvgIpc) is 3.27. The van der Waals surface area contributed by atoms with Crippen LogP contribution >= 0.6 is 0 Å². The maximum atomic E-state index is 5.51. The first-order valence-electron chi connectivity index (χ1n) is 8.24. The highest BCUT2D eigenvalue weighted by Crippen LogP contribution is 2.32. The smallest absolute Gasteiger partial charge is 0.165 e. The van der Waals surface area contributed by atoms with E-state index >= 15 is 0 Å². The van der Waals surface area contributed by atoms with Crippen LogP contribution < -0.4 is 4.74 Å². The fraction of sp³-hybridized carbons (Fsp3) is 0.211. The third kappa shape index (κ3) is 2.46. The van der Waals surface area contributed by atoms with E-state index in [1.165, 1.54) is 0 Å². The Balaban J connectivity index is 1.99. The molecule has 0 atom stereocenters. The minimum Gasteiger partial charge on any atom is -0.496 e. The lowest BCUT2D eigenvalue weighted by atomic mass is 10.1. The lowest BCUT2D eigenvalue weighted by molar-refractivity contribution is 0.416. The van der Waals surface area contributed by atoms with Crippen molar-refractivity contribution in [3.63, 3.8) is 0 Å². The molecular formula is C19H19N5O. The van der Waals surface area contributed by atoms with Crippen LogP contribution in [0.25, 0.3) is 22.6 Å². The molecule has 0 saturated carbocycles. The first kappa shape index (κ1) is 15.4. The van der Waals surface area contributed by atoms with Crippen molar-refractivity contribution in [1.82, 2.24) is 24.1 Å². The van der Waals surface area contributed by atoms with Crippen molar-refractivity contribution in [2.45, 2.75) is 20.3 Å². The van der Waals surface area contributed by atoms with Crippen molar-refractivity contribution < 1.29 is 4.74 Å². The molecule has 0 radical (unpaired) electrons. The average molecular weight is 333 g/mol. The monoisotopic (exact) mass is 333 g/mol. The van der Waals surface area contributed by atoms with Crippen molar-refractivity contribution >= 4 is 5.65 Å². The van der Waals surface area contributed by atoms with E-state index in [-0.39, 0.29) is 0 Å². The second kappa shape index (κ2) is 6.05. The van der Waals surface area contributed by atoms with Crippen LogP contribution in [0.2, 0.25) is 0 Å². The summed E-state index contributed by atoms with van der Waals surface area (Å²) in [6.07, 6.45) is 6.45. The molecule has 4 aromatic rings. The number of benzene rings is 1. The second-order valence-corrected chi connectivity index (χ2v) is 5.82. The topological polar surface area (TPSA) is 57.2 Å². The van der Waals surface area contributed by atoms with Crippen molar-refractivity contribution in [3.8, 4) is 22.7 Å². The van der Waals surface area contributed by atoms with Crippen molar-refractivity contribution in [1.29, 1.82) is 0 Å². The Kier molecular flexibility index (Phi) is 3.72. The van der Waals surface area contributed by atoms with Gasteiger partial charge in [0.2, 0.25) is 0 Å². The Hall–Kier alpha value is -3.15. The van der Waals surface area contributed by atoms with Gasteiger partial charge in [-0.3, -0.25) is 4.57 Å². The van der Waals surface area contributed by atoms with Crippen molar-refractivity contribution in [3.05, 3.63) is 60.4 Å². The Bertz CT molecular complexity index is 1050. The molecule has 6 nitrogen and oxygen atoms in total. The minimum atomic E-state index is 0.801. The van der Waals surface area contributed by atoms with Gasteiger partial charge in [-0.1, -0.05) is 25.1 Å². The number of nitrogens with zero attached hydrogens (tertiary/aromatic N) is 5. The Labute approximate surface area is 145 Å². The lowest BCUT2D eigenvalue weighted by Gasteiger charge is -2.11. The predicted molar refractivity (Wildman–Crippen MR) is 96.2 cm³/mol. The first-order chi connectivity index (χ1) is 12.2. The highest BCUT2D eigenvalue weighted by atomic mass is 16.5. The molecule has 4 rings (SSSR count). The Morgan fingerprint density at radius 1 is 1.16 bits per heavy atom. The number of aryl methyl sites for hydroxylation is 2. The van der Waals surface area contributed by atoms with Crippen LogP contribution in [0.5, 0.6) is 5.75 Å². The van der Waals surface area contributed by atoms with Gasteiger partial charge >= 0.3 is 0 Å². The van der Waals surface area contributed by atoms with Gasteiger partial charge in [-0.05, 0) is 13.0 Å². The summed E-state index contributed by atoms with van der Waals surface area (Å²) in [5.74, 6) is 2.72. The van der Waals surface area contributed by atoms with E-state index in [2.05, 4.69) is 21.6 Å². The van der Waals surface area contributed by atoms with Crippen molar-refractivity contribution in [2.75, 3.05) is 7.11 Å². The van der Waals surface area contributed by atoms with Crippen LogP contribution in [0.3, 0.4) is 0 Å². The molecule has 0 aliphatic heterocycles. The quantitative estimate of drug-likeness (QED) is 0.574. The van der Waals surface area contributed by atoms with Gasteiger partial charge in [0.05, 0.1) is 18.9 Å². The summed E-state index contributed by atoms with van der Waals surface area (Å²) in [6, 6.07) is 9.93. The number of imidazole rings is 1. The third-order valence-electron chi connectivity index (χ3n) is 4.26. The van der Waals surface area contributed by atoms with E-state index in [1.54, 1.807) is 7.11 Å². The van der Waals surface area contributed by atoms with Gasteiger partial charge in [-0.25, -0.2) is 9.97 Å². The van der Waals surface area contributed by atoms with Gasteiger partial charge in [-0.2, -0.15) is 9.61 Å². The number of hydrogen-bond acceptors (Lipinski definition) is 4. The van der Waals surface area contributed by atoms with E-state index in [0.717, 1.165) is 46.3 Å². The van der Waals surface area contributed by atoms with Crippen LogP contribution in [0, 0.1) is 6.92 Å². The minimum absolute atomic E-state index is 0.801. The van der Waals surface area contributed by atoms with Crippen LogP contribution in [0.1, 0.15) is 18.4 Å². The molecule has 0 fully saturated rings. The largest absolute Gasteiger partial charge is 0.496 e. The molecule has 0 bridgehead atoms. The number of aromatic nitrogens is 5. The van der Waals surface area contributed by atoms with Crippen molar-refractivity contribution in [2.24, 2.45) is 0 Å². The zero-order valence-corrected chi connectivity index (χ0v) is 14.5. The summed E-state index contributed by atoms with van der Waals surface area (Å²) in [7, 11) is 1.67. The van der Waals surface area contributed by atoms with Crippen LogP contribution in [0.4, 0.5) is 0 Å². The molecule has 3 heterocycles. The van der Waals surface area contributed by atoms with Crippen LogP contribution in [0.15, 0.2) is 48.9 Å².